The normalized spacial score (nSPS) is 10.4. The third-order valence-electron chi connectivity index (χ3n) is 2.53. The summed E-state index contributed by atoms with van der Waals surface area (Å²) in [5.41, 5.74) is 0.740. The lowest BCUT2D eigenvalue weighted by Gasteiger charge is -2.09. The van der Waals surface area contributed by atoms with E-state index < -0.39 is 0 Å². The number of aromatic nitrogens is 2. The fourth-order valence-electron chi connectivity index (χ4n) is 1.71. The van der Waals surface area contributed by atoms with E-state index in [1.54, 1.807) is 24.3 Å². The fraction of sp³-hybridized carbons (Fsp3) is 0.143. The van der Waals surface area contributed by atoms with E-state index in [4.69, 9.17) is 16.3 Å². The Morgan fingerprint density at radius 2 is 2.16 bits per heavy atom. The molecule has 2 aromatic rings. The van der Waals surface area contributed by atoms with E-state index in [0.717, 1.165) is 0 Å². The van der Waals surface area contributed by atoms with Crippen molar-refractivity contribution in [2.75, 3.05) is 6.61 Å². The highest BCUT2D eigenvalue weighted by Crippen LogP contribution is 2.16. The molecule has 0 spiro atoms. The predicted octanol–water partition coefficient (Wildman–Crippen LogP) is 2.64. The molecule has 0 aliphatic rings. The third-order valence-corrected chi connectivity index (χ3v) is 2.75. The minimum Gasteiger partial charge on any atom is -0.473 e. The van der Waals surface area contributed by atoms with Crippen LogP contribution in [0.4, 0.5) is 0 Å². The van der Waals surface area contributed by atoms with E-state index >= 15 is 0 Å². The first-order chi connectivity index (χ1) is 9.17. The number of allylic oxidation sites excluding steroid dienone is 1. The maximum atomic E-state index is 12.4. The van der Waals surface area contributed by atoms with Gasteiger partial charge >= 0.3 is 0 Å². The molecule has 0 amide bonds. The minimum atomic E-state index is -0.202. The molecule has 0 bridgehead atoms. The van der Waals surface area contributed by atoms with Gasteiger partial charge in [0.15, 0.2) is 0 Å². The van der Waals surface area contributed by atoms with Crippen molar-refractivity contribution in [1.29, 1.82) is 0 Å². The van der Waals surface area contributed by atoms with Gasteiger partial charge in [-0.2, -0.15) is 4.98 Å². The van der Waals surface area contributed by atoms with E-state index in [1.807, 2.05) is 0 Å². The van der Waals surface area contributed by atoms with Crippen molar-refractivity contribution in [3.63, 3.8) is 0 Å². The molecule has 0 saturated carbocycles. The molecule has 0 aliphatic heterocycles. The number of rotatable bonds is 5. The SMILES string of the molecule is C=CCOc1nc2ccc(Cl)cn2c(=O)c1CC=C. The first kappa shape index (κ1) is 13.4. The number of fused-ring (bicyclic) bond motifs is 1. The summed E-state index contributed by atoms with van der Waals surface area (Å²) in [6.07, 6.45) is 5.16. The number of ether oxygens (including phenoxy) is 1. The van der Waals surface area contributed by atoms with Crippen molar-refractivity contribution in [3.05, 3.63) is 64.6 Å². The average Bonchev–Trinajstić information content (AvgIpc) is 2.41. The van der Waals surface area contributed by atoms with Crippen LogP contribution in [0.1, 0.15) is 5.56 Å². The molecule has 0 saturated heterocycles. The summed E-state index contributed by atoms with van der Waals surface area (Å²) in [7, 11) is 0. The maximum absolute atomic E-state index is 12.4. The van der Waals surface area contributed by atoms with Crippen LogP contribution in [0.3, 0.4) is 0 Å². The monoisotopic (exact) mass is 276 g/mol. The molecule has 0 N–H and O–H groups in total. The topological polar surface area (TPSA) is 43.6 Å². The Hall–Kier alpha value is -2.07. The van der Waals surface area contributed by atoms with E-state index in [1.165, 1.54) is 10.6 Å². The van der Waals surface area contributed by atoms with Gasteiger partial charge in [0.2, 0.25) is 5.88 Å². The molecular weight excluding hydrogens is 264 g/mol. The standard InChI is InChI=1S/C14H13ClN2O2/c1-3-5-11-13(19-8-4-2)16-12-7-6-10(15)9-17(12)14(11)18/h3-4,6-7,9H,1-2,5,8H2. The Morgan fingerprint density at radius 3 is 2.84 bits per heavy atom. The van der Waals surface area contributed by atoms with Gasteiger partial charge in [0.1, 0.15) is 12.3 Å². The Bertz CT molecular complexity index is 692. The molecule has 0 aromatic carbocycles. The third kappa shape index (κ3) is 2.69. The zero-order valence-electron chi connectivity index (χ0n) is 10.3. The van der Waals surface area contributed by atoms with Gasteiger partial charge in [-0.3, -0.25) is 9.20 Å². The highest BCUT2D eigenvalue weighted by molar-refractivity contribution is 6.30. The molecule has 0 radical (unpaired) electrons. The second kappa shape index (κ2) is 5.71. The molecule has 0 atom stereocenters. The van der Waals surface area contributed by atoms with Gasteiger partial charge in [0.05, 0.1) is 10.6 Å². The van der Waals surface area contributed by atoms with Crippen LogP contribution in [-0.4, -0.2) is 16.0 Å². The van der Waals surface area contributed by atoms with Crippen molar-refractivity contribution in [2.24, 2.45) is 0 Å². The van der Waals surface area contributed by atoms with E-state index in [9.17, 15) is 4.79 Å². The number of pyridine rings is 1. The molecular formula is C14H13ClN2O2. The Morgan fingerprint density at radius 1 is 1.37 bits per heavy atom. The maximum Gasteiger partial charge on any atom is 0.265 e. The number of halogens is 1. The molecule has 0 fully saturated rings. The van der Waals surface area contributed by atoms with Gasteiger partial charge in [-0.15, -0.1) is 6.58 Å². The number of hydrogen-bond acceptors (Lipinski definition) is 3. The summed E-state index contributed by atoms with van der Waals surface area (Å²) in [5, 5.41) is 0.473. The minimum absolute atomic E-state index is 0.202. The molecule has 5 heteroatoms. The lowest BCUT2D eigenvalue weighted by Crippen LogP contribution is -2.21. The van der Waals surface area contributed by atoms with Gasteiger partial charge in [0, 0.05) is 12.6 Å². The molecule has 4 nitrogen and oxygen atoms in total. The summed E-state index contributed by atoms with van der Waals surface area (Å²) >= 11 is 5.89. The van der Waals surface area contributed by atoms with Crippen LogP contribution in [0, 0.1) is 0 Å². The summed E-state index contributed by atoms with van der Waals surface area (Å²) in [6, 6.07) is 3.34. The Labute approximate surface area is 115 Å². The zero-order chi connectivity index (χ0) is 13.8. The summed E-state index contributed by atoms with van der Waals surface area (Å²) in [4.78, 5) is 16.7. The average molecular weight is 277 g/mol. The van der Waals surface area contributed by atoms with Crippen LogP contribution in [0.2, 0.25) is 5.02 Å². The molecule has 98 valence electrons. The Kier molecular flexibility index (Phi) is 4.02. The first-order valence-corrected chi connectivity index (χ1v) is 6.10. The van der Waals surface area contributed by atoms with Crippen molar-refractivity contribution >= 4 is 17.2 Å². The van der Waals surface area contributed by atoms with Crippen molar-refractivity contribution in [2.45, 2.75) is 6.42 Å². The summed E-state index contributed by atoms with van der Waals surface area (Å²) in [5.74, 6) is 0.312. The van der Waals surface area contributed by atoms with Gasteiger partial charge in [-0.05, 0) is 12.1 Å². The van der Waals surface area contributed by atoms with Crippen LogP contribution in [0.15, 0.2) is 48.4 Å². The molecule has 2 aromatic heterocycles. The van der Waals surface area contributed by atoms with Crippen LogP contribution >= 0.6 is 11.6 Å². The molecule has 2 rings (SSSR count). The van der Waals surface area contributed by atoms with Crippen LogP contribution in [0.5, 0.6) is 5.88 Å². The summed E-state index contributed by atoms with van der Waals surface area (Å²) in [6.45, 7) is 7.50. The van der Waals surface area contributed by atoms with Crippen molar-refractivity contribution in [1.82, 2.24) is 9.38 Å². The lowest BCUT2D eigenvalue weighted by molar-refractivity contribution is 0.344. The van der Waals surface area contributed by atoms with E-state index in [2.05, 4.69) is 18.1 Å². The van der Waals surface area contributed by atoms with Gasteiger partial charge in [0.25, 0.3) is 5.56 Å². The fourth-order valence-corrected chi connectivity index (χ4v) is 1.87. The van der Waals surface area contributed by atoms with Gasteiger partial charge in [-0.25, -0.2) is 0 Å². The van der Waals surface area contributed by atoms with Crippen molar-refractivity contribution in [3.8, 4) is 5.88 Å². The van der Waals surface area contributed by atoms with E-state index in [0.29, 0.717) is 35.1 Å². The zero-order valence-corrected chi connectivity index (χ0v) is 11.1. The van der Waals surface area contributed by atoms with E-state index in [-0.39, 0.29) is 5.56 Å². The summed E-state index contributed by atoms with van der Waals surface area (Å²) < 4.78 is 6.84. The lowest BCUT2D eigenvalue weighted by atomic mass is 10.2. The predicted molar refractivity (Wildman–Crippen MR) is 76.1 cm³/mol. The molecule has 19 heavy (non-hydrogen) atoms. The smallest absolute Gasteiger partial charge is 0.265 e. The Balaban J connectivity index is 2.69. The molecule has 2 heterocycles. The number of nitrogens with zero attached hydrogens (tertiary/aromatic N) is 2. The largest absolute Gasteiger partial charge is 0.473 e. The number of hydrogen-bond donors (Lipinski definition) is 0. The van der Waals surface area contributed by atoms with Gasteiger partial charge in [-0.1, -0.05) is 30.3 Å². The molecule has 0 unspecified atom stereocenters. The second-order valence-electron chi connectivity index (χ2n) is 3.87. The van der Waals surface area contributed by atoms with Crippen LogP contribution in [-0.2, 0) is 6.42 Å². The quantitative estimate of drug-likeness (QED) is 0.789. The van der Waals surface area contributed by atoms with Crippen LogP contribution < -0.4 is 10.3 Å². The highest BCUT2D eigenvalue weighted by atomic mass is 35.5. The van der Waals surface area contributed by atoms with Crippen LogP contribution in [0.25, 0.3) is 5.65 Å². The molecule has 0 aliphatic carbocycles. The first-order valence-electron chi connectivity index (χ1n) is 5.72. The van der Waals surface area contributed by atoms with Gasteiger partial charge < -0.3 is 4.74 Å². The van der Waals surface area contributed by atoms with Crippen molar-refractivity contribution < 1.29 is 4.74 Å². The highest BCUT2D eigenvalue weighted by Gasteiger charge is 2.12. The second-order valence-corrected chi connectivity index (χ2v) is 4.31.